The van der Waals surface area contributed by atoms with E-state index in [1.165, 1.54) is 7.11 Å². The minimum absolute atomic E-state index is 0.292. The van der Waals surface area contributed by atoms with Crippen LogP contribution in [0.25, 0.3) is 11.0 Å². The number of azo groups is 1. The van der Waals surface area contributed by atoms with E-state index in [0.29, 0.717) is 39.5 Å². The molecule has 1 amide bonds. The van der Waals surface area contributed by atoms with Gasteiger partial charge in [0.05, 0.1) is 42.9 Å². The first-order valence-electron chi connectivity index (χ1n) is 9.01. The number of aromatic nitrogens is 3. The van der Waals surface area contributed by atoms with Crippen molar-refractivity contribution in [3.8, 4) is 11.6 Å². The third-order valence-electron chi connectivity index (χ3n) is 4.29. The molecule has 0 saturated heterocycles. The number of rotatable bonds is 6. The van der Waals surface area contributed by atoms with Gasteiger partial charge in [0.15, 0.2) is 5.65 Å². The molecule has 0 unspecified atom stereocenters. The summed E-state index contributed by atoms with van der Waals surface area (Å²) in [6.07, 6.45) is 1.55. The zero-order valence-electron chi connectivity index (χ0n) is 16.3. The van der Waals surface area contributed by atoms with E-state index in [2.05, 4.69) is 30.7 Å². The van der Waals surface area contributed by atoms with Gasteiger partial charge < -0.3 is 14.8 Å². The molecule has 2 aromatic carbocycles. The van der Waals surface area contributed by atoms with E-state index in [1.807, 2.05) is 0 Å². The Morgan fingerprint density at radius 2 is 1.80 bits per heavy atom. The van der Waals surface area contributed by atoms with Gasteiger partial charge in [-0.15, -0.1) is 5.10 Å². The molecule has 4 aromatic rings. The first-order chi connectivity index (χ1) is 14.7. The smallest absolute Gasteiger partial charge is 0.255 e. The quantitative estimate of drug-likeness (QED) is 0.456. The fraction of sp³-hybridized carbons (Fsp3) is 0.0952. The molecule has 0 saturated carbocycles. The Hall–Kier alpha value is -4.27. The van der Waals surface area contributed by atoms with Crippen LogP contribution >= 0.6 is 0 Å². The zero-order chi connectivity index (χ0) is 20.9. The number of aromatic amines is 1. The summed E-state index contributed by atoms with van der Waals surface area (Å²) in [5.74, 6) is 0.864. The van der Waals surface area contributed by atoms with E-state index in [0.717, 1.165) is 5.75 Å². The second-order valence-electron chi connectivity index (χ2n) is 6.26. The molecule has 0 fully saturated rings. The fourth-order valence-electron chi connectivity index (χ4n) is 2.78. The van der Waals surface area contributed by atoms with Crippen molar-refractivity contribution in [2.24, 2.45) is 10.2 Å². The minimum atomic E-state index is -0.292. The van der Waals surface area contributed by atoms with Crippen LogP contribution < -0.4 is 14.8 Å². The summed E-state index contributed by atoms with van der Waals surface area (Å²) in [7, 11) is 3.12. The summed E-state index contributed by atoms with van der Waals surface area (Å²) in [5, 5.41) is 18.7. The highest BCUT2D eigenvalue weighted by Crippen LogP contribution is 2.25. The molecule has 0 aliphatic heterocycles. The minimum Gasteiger partial charge on any atom is -0.497 e. The summed E-state index contributed by atoms with van der Waals surface area (Å²) in [6, 6.07) is 15.8. The molecule has 0 radical (unpaired) electrons. The topological polar surface area (TPSA) is 114 Å². The highest BCUT2D eigenvalue weighted by molar-refractivity contribution is 6.05. The molecule has 0 aliphatic carbocycles. The number of H-pyrrole nitrogens is 1. The molecule has 9 nitrogen and oxygen atoms in total. The standard InChI is InChI=1S/C21H18N6O3/c1-29-17-8-6-14(7-9-17)24-25-15-5-3-4-13(10-15)20(28)23-16-11-18-19(22-12-16)26-27-21(18)30-2/h3-12H,1-2H3,(H,23,28)(H,22,26,27). The molecule has 2 N–H and O–H groups in total. The Morgan fingerprint density at radius 3 is 2.57 bits per heavy atom. The van der Waals surface area contributed by atoms with Gasteiger partial charge in [-0.3, -0.25) is 9.89 Å². The monoisotopic (exact) mass is 402 g/mol. The maximum absolute atomic E-state index is 12.7. The Bertz CT molecular complexity index is 1220. The maximum Gasteiger partial charge on any atom is 0.255 e. The lowest BCUT2D eigenvalue weighted by Crippen LogP contribution is -2.11. The lowest BCUT2D eigenvalue weighted by atomic mass is 10.2. The van der Waals surface area contributed by atoms with Gasteiger partial charge in [-0.1, -0.05) is 6.07 Å². The summed E-state index contributed by atoms with van der Waals surface area (Å²) in [5.41, 5.74) is 2.78. The van der Waals surface area contributed by atoms with Gasteiger partial charge in [-0.05, 0) is 48.5 Å². The van der Waals surface area contributed by atoms with Crippen LogP contribution in [0.15, 0.2) is 71.0 Å². The van der Waals surface area contributed by atoms with E-state index in [4.69, 9.17) is 9.47 Å². The average molecular weight is 402 g/mol. The van der Waals surface area contributed by atoms with E-state index in [-0.39, 0.29) is 5.91 Å². The lowest BCUT2D eigenvalue weighted by molar-refractivity contribution is 0.102. The molecule has 2 aromatic heterocycles. The van der Waals surface area contributed by atoms with Crippen LogP contribution in [-0.2, 0) is 0 Å². The number of carbonyl (C=O) groups excluding carboxylic acids is 1. The third-order valence-corrected chi connectivity index (χ3v) is 4.29. The number of pyridine rings is 1. The highest BCUT2D eigenvalue weighted by Gasteiger charge is 2.11. The van der Waals surface area contributed by atoms with Crippen LogP contribution in [-0.4, -0.2) is 35.3 Å². The number of anilines is 1. The average Bonchev–Trinajstić information content (AvgIpc) is 3.20. The second-order valence-corrected chi connectivity index (χ2v) is 6.26. The van der Waals surface area contributed by atoms with Crippen molar-refractivity contribution in [2.75, 3.05) is 19.5 Å². The molecule has 150 valence electrons. The zero-order valence-corrected chi connectivity index (χ0v) is 16.3. The van der Waals surface area contributed by atoms with Crippen molar-refractivity contribution in [1.29, 1.82) is 0 Å². The highest BCUT2D eigenvalue weighted by atomic mass is 16.5. The third kappa shape index (κ3) is 4.09. The van der Waals surface area contributed by atoms with Gasteiger partial charge in [0.2, 0.25) is 5.88 Å². The molecule has 9 heteroatoms. The second kappa shape index (κ2) is 8.39. The normalized spacial score (nSPS) is 11.0. The number of carbonyl (C=O) groups is 1. The summed E-state index contributed by atoms with van der Waals surface area (Å²) in [6.45, 7) is 0. The van der Waals surface area contributed by atoms with Gasteiger partial charge in [-0.2, -0.15) is 10.2 Å². The molecule has 2 heterocycles. The van der Waals surface area contributed by atoms with Crippen molar-refractivity contribution in [1.82, 2.24) is 15.2 Å². The molecule has 0 aliphatic rings. The Morgan fingerprint density at radius 1 is 1.00 bits per heavy atom. The first-order valence-corrected chi connectivity index (χ1v) is 9.01. The lowest BCUT2D eigenvalue weighted by Gasteiger charge is -2.06. The van der Waals surface area contributed by atoms with Crippen molar-refractivity contribution in [3.63, 3.8) is 0 Å². The molecular weight excluding hydrogens is 384 g/mol. The van der Waals surface area contributed by atoms with Crippen molar-refractivity contribution >= 4 is 34.0 Å². The molecule has 4 rings (SSSR count). The van der Waals surface area contributed by atoms with Gasteiger partial charge in [0, 0.05) is 5.56 Å². The number of hydrogen-bond acceptors (Lipinski definition) is 7. The summed E-state index contributed by atoms with van der Waals surface area (Å²) >= 11 is 0. The molecule has 0 spiro atoms. The number of nitrogens with one attached hydrogen (secondary N) is 2. The number of fused-ring (bicyclic) bond motifs is 1. The number of amides is 1. The number of benzene rings is 2. The van der Waals surface area contributed by atoms with Crippen molar-refractivity contribution < 1.29 is 14.3 Å². The molecule has 0 bridgehead atoms. The molecular formula is C21H18N6O3. The summed E-state index contributed by atoms with van der Waals surface area (Å²) in [4.78, 5) is 16.9. The first kappa shape index (κ1) is 19.1. The van der Waals surface area contributed by atoms with E-state index < -0.39 is 0 Å². The van der Waals surface area contributed by atoms with Gasteiger partial charge >= 0.3 is 0 Å². The molecule has 0 atom stereocenters. The maximum atomic E-state index is 12.7. The number of hydrogen-bond donors (Lipinski definition) is 2. The Kier molecular flexibility index (Phi) is 5.33. The predicted molar refractivity (Wildman–Crippen MR) is 112 cm³/mol. The largest absolute Gasteiger partial charge is 0.497 e. The number of ether oxygens (including phenoxy) is 2. The van der Waals surface area contributed by atoms with Gasteiger partial charge in [0.1, 0.15) is 5.75 Å². The van der Waals surface area contributed by atoms with Crippen LogP contribution in [0, 0.1) is 0 Å². The van der Waals surface area contributed by atoms with Crippen molar-refractivity contribution in [2.45, 2.75) is 0 Å². The number of methoxy groups -OCH3 is 2. The fourth-order valence-corrected chi connectivity index (χ4v) is 2.78. The number of nitrogens with zero attached hydrogens (tertiary/aromatic N) is 4. The van der Waals surface area contributed by atoms with E-state index in [1.54, 1.807) is 67.9 Å². The van der Waals surface area contributed by atoms with Crippen LogP contribution in [0.4, 0.5) is 17.1 Å². The Labute approximate surface area is 171 Å². The summed E-state index contributed by atoms with van der Waals surface area (Å²) < 4.78 is 10.3. The van der Waals surface area contributed by atoms with Crippen LogP contribution in [0.2, 0.25) is 0 Å². The van der Waals surface area contributed by atoms with Gasteiger partial charge in [-0.25, -0.2) is 4.98 Å². The predicted octanol–water partition coefficient (Wildman–Crippen LogP) is 4.64. The molecule has 30 heavy (non-hydrogen) atoms. The van der Waals surface area contributed by atoms with Crippen LogP contribution in [0.1, 0.15) is 10.4 Å². The van der Waals surface area contributed by atoms with Gasteiger partial charge in [0.25, 0.3) is 5.91 Å². The Balaban J connectivity index is 1.50. The van der Waals surface area contributed by atoms with Crippen molar-refractivity contribution in [3.05, 3.63) is 66.4 Å². The van der Waals surface area contributed by atoms with E-state index >= 15 is 0 Å². The van der Waals surface area contributed by atoms with Crippen LogP contribution in [0.5, 0.6) is 11.6 Å². The SMILES string of the molecule is COc1ccc(N=Nc2cccc(C(=O)Nc3cnc4[nH]nc(OC)c4c3)c2)cc1. The van der Waals surface area contributed by atoms with Crippen LogP contribution in [0.3, 0.4) is 0 Å². The van der Waals surface area contributed by atoms with E-state index in [9.17, 15) is 4.79 Å².